The van der Waals surface area contributed by atoms with Gasteiger partial charge in [0, 0.05) is 16.2 Å². The first-order valence-corrected chi connectivity index (χ1v) is 7.69. The van der Waals surface area contributed by atoms with E-state index in [2.05, 4.69) is 4.98 Å². The number of thiophene rings is 1. The van der Waals surface area contributed by atoms with Crippen molar-refractivity contribution in [3.63, 3.8) is 0 Å². The fourth-order valence-corrected chi connectivity index (χ4v) is 3.31. The average molecular weight is 297 g/mol. The number of ether oxygens (including phenoxy) is 1. The third kappa shape index (κ3) is 3.33. The van der Waals surface area contributed by atoms with Crippen molar-refractivity contribution in [2.45, 2.75) is 26.7 Å². The minimum Gasteiger partial charge on any atom is -0.491 e. The molecule has 1 N–H and O–H groups in total. The van der Waals surface area contributed by atoms with Crippen LogP contribution in [0.1, 0.15) is 32.0 Å². The van der Waals surface area contributed by atoms with Gasteiger partial charge in [-0.3, -0.25) is 0 Å². The van der Waals surface area contributed by atoms with E-state index in [1.54, 1.807) is 11.3 Å². The summed E-state index contributed by atoms with van der Waals surface area (Å²) in [5.74, 6) is -0.440. The molecule has 0 spiro atoms. The number of aromatic nitrogens is 1. The van der Waals surface area contributed by atoms with Gasteiger partial charge in [0.15, 0.2) is 4.88 Å². The molecule has 102 valence electrons. The monoisotopic (exact) mass is 297 g/mol. The van der Waals surface area contributed by atoms with E-state index in [9.17, 15) is 4.79 Å². The average Bonchev–Trinajstić information content (AvgIpc) is 2.96. The summed E-state index contributed by atoms with van der Waals surface area (Å²) in [5, 5.41) is 9.12. The van der Waals surface area contributed by atoms with Gasteiger partial charge >= 0.3 is 5.97 Å². The maximum Gasteiger partial charge on any atom is 0.349 e. The maximum absolute atomic E-state index is 11.1. The number of carboxylic acids is 1. The zero-order chi connectivity index (χ0) is 13.8. The molecule has 0 unspecified atom stereocenters. The number of hydrogen-bond acceptors (Lipinski definition) is 5. The highest BCUT2D eigenvalue weighted by molar-refractivity contribution is 7.14. The van der Waals surface area contributed by atoms with Gasteiger partial charge in [-0.2, -0.15) is 0 Å². The largest absolute Gasteiger partial charge is 0.491 e. The van der Waals surface area contributed by atoms with Crippen molar-refractivity contribution in [3.05, 3.63) is 31.9 Å². The van der Waals surface area contributed by atoms with E-state index in [0.717, 1.165) is 23.4 Å². The van der Waals surface area contributed by atoms with Crippen LogP contribution in [0, 0.1) is 6.92 Å². The molecule has 0 saturated carbocycles. The summed E-state index contributed by atoms with van der Waals surface area (Å²) in [6.07, 6.45) is 1.58. The zero-order valence-corrected chi connectivity index (χ0v) is 12.4. The third-order valence-electron chi connectivity index (χ3n) is 2.72. The highest BCUT2D eigenvalue weighted by Gasteiger charge is 2.16. The summed E-state index contributed by atoms with van der Waals surface area (Å²) in [6, 6.07) is 1.83. The van der Waals surface area contributed by atoms with E-state index in [0.29, 0.717) is 12.4 Å². The van der Waals surface area contributed by atoms with Gasteiger partial charge in [0.25, 0.3) is 0 Å². The van der Waals surface area contributed by atoms with E-state index in [1.807, 2.05) is 25.4 Å². The smallest absolute Gasteiger partial charge is 0.349 e. The molecule has 4 nitrogen and oxygen atoms in total. The predicted octanol–water partition coefficient (Wildman–Crippen LogP) is 3.40. The molecule has 6 heteroatoms. The minimum absolute atomic E-state index is 0.290. The van der Waals surface area contributed by atoms with E-state index >= 15 is 0 Å². The number of carbonyl (C=O) groups is 1. The number of thiazole rings is 1. The lowest BCUT2D eigenvalue weighted by molar-refractivity contribution is 0.0698. The van der Waals surface area contributed by atoms with Crippen LogP contribution in [0.5, 0.6) is 5.75 Å². The van der Waals surface area contributed by atoms with Crippen molar-refractivity contribution < 1.29 is 14.6 Å². The second-order valence-electron chi connectivity index (χ2n) is 4.02. The van der Waals surface area contributed by atoms with Crippen LogP contribution in [-0.2, 0) is 12.8 Å². The Morgan fingerprint density at radius 2 is 2.32 bits per heavy atom. The highest BCUT2D eigenvalue weighted by atomic mass is 32.1. The Hall–Kier alpha value is -1.40. The zero-order valence-electron chi connectivity index (χ0n) is 10.8. The summed E-state index contributed by atoms with van der Waals surface area (Å²) >= 11 is 2.88. The Kier molecular flexibility index (Phi) is 4.55. The topological polar surface area (TPSA) is 59.4 Å². The molecule has 0 radical (unpaired) electrons. The second-order valence-corrected chi connectivity index (χ2v) is 6.10. The molecule has 0 atom stereocenters. The lowest BCUT2D eigenvalue weighted by Crippen LogP contribution is -2.04. The van der Waals surface area contributed by atoms with Crippen molar-refractivity contribution in [1.29, 1.82) is 0 Å². The minimum atomic E-state index is -0.923. The molecule has 0 saturated heterocycles. The summed E-state index contributed by atoms with van der Waals surface area (Å²) in [5.41, 5.74) is 2.83. The Morgan fingerprint density at radius 3 is 2.89 bits per heavy atom. The SMILES string of the molecule is CCc1cc(OCCc2scnc2C)c(C(=O)O)s1. The quantitative estimate of drug-likeness (QED) is 0.888. The Morgan fingerprint density at radius 1 is 1.53 bits per heavy atom. The van der Waals surface area contributed by atoms with Gasteiger partial charge in [-0.05, 0) is 19.4 Å². The Labute approximate surface area is 119 Å². The molecule has 19 heavy (non-hydrogen) atoms. The molecule has 2 heterocycles. The number of nitrogens with zero attached hydrogens (tertiary/aromatic N) is 1. The van der Waals surface area contributed by atoms with Crippen LogP contribution < -0.4 is 4.74 Å². The lowest BCUT2D eigenvalue weighted by Gasteiger charge is -2.04. The number of aryl methyl sites for hydroxylation is 2. The van der Waals surface area contributed by atoms with Gasteiger partial charge in [-0.15, -0.1) is 22.7 Å². The summed E-state index contributed by atoms with van der Waals surface area (Å²) in [7, 11) is 0. The van der Waals surface area contributed by atoms with Gasteiger partial charge in [-0.25, -0.2) is 9.78 Å². The normalized spacial score (nSPS) is 10.6. The molecule has 0 fully saturated rings. The molecule has 0 bridgehead atoms. The summed E-state index contributed by atoms with van der Waals surface area (Å²) in [6.45, 7) is 4.44. The molecule has 0 aliphatic rings. The van der Waals surface area contributed by atoms with Crippen LogP contribution in [0.25, 0.3) is 0 Å². The molecular weight excluding hydrogens is 282 g/mol. The fraction of sp³-hybridized carbons (Fsp3) is 0.385. The molecule has 0 aliphatic carbocycles. The van der Waals surface area contributed by atoms with Gasteiger partial charge in [0.1, 0.15) is 5.75 Å². The molecule has 0 amide bonds. The highest BCUT2D eigenvalue weighted by Crippen LogP contribution is 2.30. The predicted molar refractivity (Wildman–Crippen MR) is 76.7 cm³/mol. The standard InChI is InChI=1S/C13H15NO3S2/c1-3-9-6-10(12(19-9)13(15)16)17-5-4-11-8(2)14-7-18-11/h6-7H,3-5H2,1-2H3,(H,15,16). The van der Waals surface area contributed by atoms with Gasteiger partial charge in [0.2, 0.25) is 0 Å². The van der Waals surface area contributed by atoms with Crippen LogP contribution in [0.2, 0.25) is 0 Å². The molecular formula is C13H15NO3S2. The Balaban J connectivity index is 2.01. The lowest BCUT2D eigenvalue weighted by atomic mass is 10.3. The second kappa shape index (κ2) is 6.16. The first-order valence-electron chi connectivity index (χ1n) is 5.99. The molecule has 2 rings (SSSR count). The third-order valence-corrected chi connectivity index (χ3v) is 4.97. The molecule has 0 aliphatic heterocycles. The van der Waals surface area contributed by atoms with Crippen molar-refractivity contribution in [2.75, 3.05) is 6.61 Å². The number of hydrogen-bond donors (Lipinski definition) is 1. The molecule has 0 aromatic carbocycles. The van der Waals surface area contributed by atoms with E-state index in [1.165, 1.54) is 16.2 Å². The Bertz CT molecular complexity index is 574. The van der Waals surface area contributed by atoms with E-state index < -0.39 is 5.97 Å². The fourth-order valence-electron chi connectivity index (χ4n) is 1.67. The maximum atomic E-state index is 11.1. The summed E-state index contributed by atoms with van der Waals surface area (Å²) in [4.78, 5) is 17.8. The van der Waals surface area contributed by atoms with Crippen LogP contribution in [0.4, 0.5) is 0 Å². The van der Waals surface area contributed by atoms with Crippen LogP contribution in [-0.4, -0.2) is 22.7 Å². The van der Waals surface area contributed by atoms with Crippen LogP contribution in [0.15, 0.2) is 11.6 Å². The van der Waals surface area contributed by atoms with E-state index in [4.69, 9.17) is 9.84 Å². The number of carboxylic acid groups (broad SMARTS) is 1. The first-order chi connectivity index (χ1) is 9.11. The van der Waals surface area contributed by atoms with Crippen molar-refractivity contribution in [3.8, 4) is 5.75 Å². The van der Waals surface area contributed by atoms with Crippen molar-refractivity contribution >= 4 is 28.6 Å². The molecule has 2 aromatic rings. The number of rotatable bonds is 6. The van der Waals surface area contributed by atoms with Crippen molar-refractivity contribution in [1.82, 2.24) is 4.98 Å². The van der Waals surface area contributed by atoms with Crippen molar-refractivity contribution in [2.24, 2.45) is 0 Å². The summed E-state index contributed by atoms with van der Waals surface area (Å²) < 4.78 is 5.62. The van der Waals surface area contributed by atoms with E-state index in [-0.39, 0.29) is 4.88 Å². The van der Waals surface area contributed by atoms with Gasteiger partial charge < -0.3 is 9.84 Å². The van der Waals surface area contributed by atoms with Gasteiger partial charge in [-0.1, -0.05) is 6.92 Å². The van der Waals surface area contributed by atoms with Gasteiger partial charge in [0.05, 0.1) is 17.8 Å². The molecule has 2 aromatic heterocycles. The first kappa shape index (κ1) is 14.0. The van der Waals surface area contributed by atoms with Crippen LogP contribution >= 0.6 is 22.7 Å². The number of aromatic carboxylic acids is 1. The van der Waals surface area contributed by atoms with Crippen LogP contribution in [0.3, 0.4) is 0 Å².